The summed E-state index contributed by atoms with van der Waals surface area (Å²) in [5, 5.41) is 0. The van der Waals surface area contributed by atoms with E-state index >= 15 is 0 Å². The molecule has 4 heteroatoms. The van der Waals surface area contributed by atoms with Crippen LogP contribution in [0.5, 0.6) is 0 Å². The van der Waals surface area contributed by atoms with Crippen LogP contribution in [0.1, 0.15) is 18.0 Å². The predicted molar refractivity (Wildman–Crippen MR) is 68.3 cm³/mol. The van der Waals surface area contributed by atoms with E-state index in [4.69, 9.17) is 0 Å². The summed E-state index contributed by atoms with van der Waals surface area (Å²) in [4.78, 5) is 14.9. The van der Waals surface area contributed by atoms with Crippen molar-refractivity contribution < 1.29 is 0 Å². The average Bonchev–Trinajstić information content (AvgIpc) is 2.83. The van der Waals surface area contributed by atoms with Crippen LogP contribution in [0.4, 0.5) is 0 Å². The van der Waals surface area contributed by atoms with Crippen LogP contribution in [-0.2, 0) is 0 Å². The lowest BCUT2D eigenvalue weighted by molar-refractivity contribution is 0.559. The van der Waals surface area contributed by atoms with Crippen LogP contribution < -0.4 is 5.69 Å². The van der Waals surface area contributed by atoms with Crippen molar-refractivity contribution in [2.24, 2.45) is 0 Å². The molecule has 16 heavy (non-hydrogen) atoms. The van der Waals surface area contributed by atoms with Gasteiger partial charge in [0.05, 0.1) is 11.0 Å². The largest absolute Gasteiger partial charge is 0.326 e. The second-order valence-electron chi connectivity index (χ2n) is 4.34. The Morgan fingerprint density at radius 3 is 3.12 bits per heavy atom. The molecule has 2 heterocycles. The molecular formula is C12H14N2OS. The van der Waals surface area contributed by atoms with Crippen LogP contribution in [0.25, 0.3) is 11.0 Å². The van der Waals surface area contributed by atoms with Crippen LogP contribution in [0.15, 0.2) is 23.0 Å². The number of aryl methyl sites for hydroxylation is 1. The maximum Gasteiger partial charge on any atom is 0.326 e. The van der Waals surface area contributed by atoms with Gasteiger partial charge in [-0.05, 0) is 36.8 Å². The lowest BCUT2D eigenvalue weighted by Gasteiger charge is -2.10. The van der Waals surface area contributed by atoms with Crippen LogP contribution >= 0.6 is 11.8 Å². The highest BCUT2D eigenvalue weighted by Crippen LogP contribution is 2.29. The van der Waals surface area contributed by atoms with Crippen molar-refractivity contribution >= 4 is 22.8 Å². The van der Waals surface area contributed by atoms with Gasteiger partial charge in [-0.15, -0.1) is 0 Å². The molecule has 1 aromatic heterocycles. The monoisotopic (exact) mass is 234 g/mol. The number of rotatable bonds is 1. The van der Waals surface area contributed by atoms with Gasteiger partial charge in [0.1, 0.15) is 0 Å². The summed E-state index contributed by atoms with van der Waals surface area (Å²) in [5.74, 6) is 2.22. The van der Waals surface area contributed by atoms with Crippen molar-refractivity contribution in [3.8, 4) is 0 Å². The van der Waals surface area contributed by atoms with Crippen molar-refractivity contribution in [2.75, 3.05) is 11.5 Å². The number of H-pyrrole nitrogens is 1. The fourth-order valence-corrected chi connectivity index (χ4v) is 3.53. The van der Waals surface area contributed by atoms with Crippen molar-refractivity contribution in [3.05, 3.63) is 34.2 Å². The molecule has 1 atom stereocenters. The maximum atomic E-state index is 11.9. The van der Waals surface area contributed by atoms with Crippen molar-refractivity contribution in [1.82, 2.24) is 9.55 Å². The minimum atomic E-state index is 0.0353. The number of thioether (sulfide) groups is 1. The molecule has 1 saturated heterocycles. The van der Waals surface area contributed by atoms with Gasteiger partial charge in [0, 0.05) is 11.8 Å². The number of imidazole rings is 1. The molecular weight excluding hydrogens is 220 g/mol. The van der Waals surface area contributed by atoms with Gasteiger partial charge in [0.25, 0.3) is 0 Å². The zero-order chi connectivity index (χ0) is 11.1. The molecule has 0 aliphatic carbocycles. The first-order valence-corrected chi connectivity index (χ1v) is 6.70. The van der Waals surface area contributed by atoms with Gasteiger partial charge in [-0.25, -0.2) is 4.79 Å². The number of benzene rings is 1. The first-order chi connectivity index (χ1) is 7.75. The fourth-order valence-electron chi connectivity index (χ4n) is 2.33. The molecule has 1 unspecified atom stereocenters. The third kappa shape index (κ3) is 1.48. The number of aromatic nitrogens is 2. The smallest absolute Gasteiger partial charge is 0.306 e. The van der Waals surface area contributed by atoms with Gasteiger partial charge in [0.2, 0.25) is 0 Å². The predicted octanol–water partition coefficient (Wildman–Crippen LogP) is 2.32. The molecule has 1 aliphatic heterocycles. The Kier molecular flexibility index (Phi) is 2.32. The van der Waals surface area contributed by atoms with Gasteiger partial charge in [-0.3, -0.25) is 4.57 Å². The Morgan fingerprint density at radius 1 is 1.50 bits per heavy atom. The van der Waals surface area contributed by atoms with E-state index in [0.29, 0.717) is 6.04 Å². The topological polar surface area (TPSA) is 37.8 Å². The number of nitrogens with zero attached hydrogens (tertiary/aromatic N) is 1. The van der Waals surface area contributed by atoms with Gasteiger partial charge in [-0.2, -0.15) is 11.8 Å². The molecule has 0 bridgehead atoms. The average molecular weight is 234 g/mol. The molecule has 84 valence electrons. The number of fused-ring (bicyclic) bond motifs is 1. The van der Waals surface area contributed by atoms with E-state index < -0.39 is 0 Å². The van der Waals surface area contributed by atoms with Gasteiger partial charge < -0.3 is 4.98 Å². The van der Waals surface area contributed by atoms with Gasteiger partial charge >= 0.3 is 5.69 Å². The third-order valence-electron chi connectivity index (χ3n) is 3.14. The Labute approximate surface area is 97.9 Å². The van der Waals surface area contributed by atoms with E-state index in [9.17, 15) is 4.79 Å². The second-order valence-corrected chi connectivity index (χ2v) is 5.49. The first-order valence-electron chi connectivity index (χ1n) is 5.54. The molecule has 0 amide bonds. The number of hydrogen-bond donors (Lipinski definition) is 1. The van der Waals surface area contributed by atoms with E-state index in [1.807, 2.05) is 35.4 Å². The summed E-state index contributed by atoms with van der Waals surface area (Å²) < 4.78 is 1.93. The summed E-state index contributed by atoms with van der Waals surface area (Å²) in [5.41, 5.74) is 3.22. The van der Waals surface area contributed by atoms with Crippen LogP contribution in [0, 0.1) is 6.92 Å². The zero-order valence-corrected chi connectivity index (χ0v) is 10.0. The summed E-state index contributed by atoms with van der Waals surface area (Å²) in [6.07, 6.45) is 1.10. The lowest BCUT2D eigenvalue weighted by Crippen LogP contribution is -2.21. The highest BCUT2D eigenvalue weighted by molar-refractivity contribution is 7.99. The second kappa shape index (κ2) is 3.70. The Morgan fingerprint density at radius 2 is 2.38 bits per heavy atom. The molecule has 3 rings (SSSR count). The van der Waals surface area contributed by atoms with Crippen LogP contribution in [0.2, 0.25) is 0 Å². The standard InChI is InChI=1S/C12H14N2OS/c1-8-2-3-11-10(6-8)13-12(15)14(11)9-4-5-16-7-9/h2-3,6,9H,4-5,7H2,1H3,(H,13,15). The van der Waals surface area contributed by atoms with E-state index in [-0.39, 0.29) is 5.69 Å². The van der Waals surface area contributed by atoms with Crippen LogP contribution in [0.3, 0.4) is 0 Å². The Balaban J connectivity index is 2.23. The van der Waals surface area contributed by atoms with Crippen molar-refractivity contribution in [1.29, 1.82) is 0 Å². The highest BCUT2D eigenvalue weighted by Gasteiger charge is 2.21. The third-order valence-corrected chi connectivity index (χ3v) is 4.29. The van der Waals surface area contributed by atoms with E-state index in [1.54, 1.807) is 0 Å². The van der Waals surface area contributed by atoms with Gasteiger partial charge in [-0.1, -0.05) is 6.07 Å². The van der Waals surface area contributed by atoms with Gasteiger partial charge in [0.15, 0.2) is 0 Å². The summed E-state index contributed by atoms with van der Waals surface area (Å²) in [6, 6.07) is 6.52. The number of hydrogen-bond acceptors (Lipinski definition) is 2. The maximum absolute atomic E-state index is 11.9. The molecule has 3 nitrogen and oxygen atoms in total. The zero-order valence-electron chi connectivity index (χ0n) is 9.19. The minimum absolute atomic E-state index is 0.0353. The lowest BCUT2D eigenvalue weighted by atomic mass is 10.2. The Bertz CT molecular complexity index is 578. The summed E-state index contributed by atoms with van der Waals surface area (Å²) in [7, 11) is 0. The molecule has 0 radical (unpaired) electrons. The summed E-state index contributed by atoms with van der Waals surface area (Å²) >= 11 is 1.93. The van der Waals surface area contributed by atoms with Crippen molar-refractivity contribution in [3.63, 3.8) is 0 Å². The van der Waals surface area contributed by atoms with E-state index in [2.05, 4.69) is 11.1 Å². The quantitative estimate of drug-likeness (QED) is 0.822. The molecule has 1 fully saturated rings. The number of aromatic amines is 1. The molecule has 1 N–H and O–H groups in total. The Hall–Kier alpha value is -1.16. The molecule has 0 saturated carbocycles. The normalized spacial score (nSPS) is 20.7. The molecule has 2 aromatic rings. The molecule has 0 spiro atoms. The highest BCUT2D eigenvalue weighted by atomic mass is 32.2. The SMILES string of the molecule is Cc1ccc2c(c1)[nH]c(=O)n2C1CCSC1. The minimum Gasteiger partial charge on any atom is -0.306 e. The van der Waals surface area contributed by atoms with Crippen molar-refractivity contribution in [2.45, 2.75) is 19.4 Å². The first kappa shape index (κ1) is 10.0. The molecule has 1 aromatic carbocycles. The van der Waals surface area contributed by atoms with Crippen LogP contribution in [-0.4, -0.2) is 21.1 Å². The summed E-state index contributed by atoms with van der Waals surface area (Å²) in [6.45, 7) is 2.04. The fraction of sp³-hybridized carbons (Fsp3) is 0.417. The van der Waals surface area contributed by atoms with E-state index in [0.717, 1.165) is 29.0 Å². The van der Waals surface area contributed by atoms with E-state index in [1.165, 1.54) is 5.56 Å². The molecule has 1 aliphatic rings. The number of nitrogens with one attached hydrogen (secondary N) is 1.